The van der Waals surface area contributed by atoms with Crippen molar-refractivity contribution in [1.29, 1.82) is 0 Å². The Hall–Kier alpha value is -2.65. The van der Waals surface area contributed by atoms with E-state index in [1.807, 2.05) is 35.0 Å². The maximum absolute atomic E-state index is 4.89. The molecule has 0 atom stereocenters. The van der Waals surface area contributed by atoms with Gasteiger partial charge in [-0.2, -0.15) is 5.10 Å². The number of halogens is 1. The van der Waals surface area contributed by atoms with Crippen molar-refractivity contribution < 1.29 is 0 Å². The average molecular weight is 389 g/mol. The van der Waals surface area contributed by atoms with Crippen molar-refractivity contribution >= 4 is 21.5 Å². The van der Waals surface area contributed by atoms with Crippen molar-refractivity contribution in [3.63, 3.8) is 0 Å². The molecule has 3 heteroatoms. The summed E-state index contributed by atoms with van der Waals surface area (Å²) in [6.07, 6.45) is 11.7. The van der Waals surface area contributed by atoms with E-state index in [2.05, 4.69) is 76.6 Å². The fourth-order valence-corrected chi connectivity index (χ4v) is 3.13. The van der Waals surface area contributed by atoms with Crippen LogP contribution in [0.1, 0.15) is 12.1 Å². The first kappa shape index (κ1) is 15.9. The minimum Gasteiger partial charge on any atom is -0.232 e. The van der Waals surface area contributed by atoms with Crippen LogP contribution in [0, 0.1) is 0 Å². The first-order valence-electron chi connectivity index (χ1n) is 8.26. The Morgan fingerprint density at radius 3 is 2.52 bits per heavy atom. The predicted molar refractivity (Wildman–Crippen MR) is 108 cm³/mol. The highest BCUT2D eigenvalue weighted by Gasteiger charge is 2.13. The smallest absolute Gasteiger partial charge is 0.0934 e. The SMILES string of the molecule is Brc1ccc(-n2nc(-c3ccccc3)cc2C2=CC=CCC=C2)cc1. The summed E-state index contributed by atoms with van der Waals surface area (Å²) in [7, 11) is 0. The Morgan fingerprint density at radius 2 is 1.72 bits per heavy atom. The molecule has 0 amide bonds. The molecule has 0 bridgehead atoms. The maximum atomic E-state index is 4.89. The summed E-state index contributed by atoms with van der Waals surface area (Å²) in [5, 5.41) is 4.89. The standard InChI is InChI=1S/C22H17BrN2/c23-19-12-14-20(15-13-19)25-22(18-10-4-1-2-5-11-18)16-21(24-25)17-8-6-3-7-9-17/h1,3-16H,2H2. The van der Waals surface area contributed by atoms with Crippen LogP contribution in [0.3, 0.4) is 0 Å². The van der Waals surface area contributed by atoms with Gasteiger partial charge in [0.25, 0.3) is 0 Å². The largest absolute Gasteiger partial charge is 0.232 e. The van der Waals surface area contributed by atoms with Crippen LogP contribution in [0.25, 0.3) is 22.5 Å². The third-order valence-electron chi connectivity index (χ3n) is 4.13. The lowest BCUT2D eigenvalue weighted by molar-refractivity contribution is 0.871. The van der Waals surface area contributed by atoms with Gasteiger partial charge in [-0.25, -0.2) is 4.68 Å². The summed E-state index contributed by atoms with van der Waals surface area (Å²) in [5.74, 6) is 0. The maximum Gasteiger partial charge on any atom is 0.0934 e. The highest BCUT2D eigenvalue weighted by molar-refractivity contribution is 9.10. The number of hydrogen-bond donors (Lipinski definition) is 0. The van der Waals surface area contributed by atoms with Gasteiger partial charge < -0.3 is 0 Å². The lowest BCUT2D eigenvalue weighted by Gasteiger charge is -2.08. The number of rotatable bonds is 3. The van der Waals surface area contributed by atoms with E-state index in [1.54, 1.807) is 0 Å². The number of aromatic nitrogens is 2. The van der Waals surface area contributed by atoms with E-state index < -0.39 is 0 Å². The summed E-state index contributed by atoms with van der Waals surface area (Å²) >= 11 is 3.50. The van der Waals surface area contributed by atoms with Gasteiger partial charge in [0.05, 0.1) is 17.1 Å². The molecule has 0 saturated heterocycles. The van der Waals surface area contributed by atoms with Gasteiger partial charge in [0, 0.05) is 10.0 Å². The molecule has 0 fully saturated rings. The molecule has 0 radical (unpaired) electrons. The van der Waals surface area contributed by atoms with Gasteiger partial charge in [-0.3, -0.25) is 0 Å². The Bertz CT molecular complexity index is 961. The van der Waals surface area contributed by atoms with Crippen molar-refractivity contribution in [2.75, 3.05) is 0 Å². The lowest BCUT2D eigenvalue weighted by Crippen LogP contribution is -2.01. The van der Waals surface area contributed by atoms with Crippen LogP contribution >= 0.6 is 15.9 Å². The molecule has 0 unspecified atom stereocenters. The number of hydrogen-bond acceptors (Lipinski definition) is 1. The van der Waals surface area contributed by atoms with Crippen molar-refractivity contribution in [3.8, 4) is 16.9 Å². The van der Waals surface area contributed by atoms with E-state index in [-0.39, 0.29) is 0 Å². The molecule has 1 heterocycles. The number of benzene rings is 2. The highest BCUT2D eigenvalue weighted by Crippen LogP contribution is 2.28. The molecule has 25 heavy (non-hydrogen) atoms. The fraction of sp³-hybridized carbons (Fsp3) is 0.0455. The predicted octanol–water partition coefficient (Wildman–Crippen LogP) is 6.20. The second-order valence-electron chi connectivity index (χ2n) is 5.86. The lowest BCUT2D eigenvalue weighted by atomic mass is 10.1. The Morgan fingerprint density at radius 1 is 0.920 bits per heavy atom. The van der Waals surface area contributed by atoms with Crippen LogP contribution in [0.5, 0.6) is 0 Å². The summed E-state index contributed by atoms with van der Waals surface area (Å²) in [5.41, 5.74) is 5.38. The van der Waals surface area contributed by atoms with E-state index in [4.69, 9.17) is 5.10 Å². The van der Waals surface area contributed by atoms with E-state index >= 15 is 0 Å². The monoisotopic (exact) mass is 388 g/mol. The first-order valence-corrected chi connectivity index (χ1v) is 9.06. The van der Waals surface area contributed by atoms with Crippen molar-refractivity contribution in [2.45, 2.75) is 6.42 Å². The van der Waals surface area contributed by atoms with Crippen LogP contribution < -0.4 is 0 Å². The van der Waals surface area contributed by atoms with Crippen LogP contribution in [-0.4, -0.2) is 9.78 Å². The van der Waals surface area contributed by atoms with E-state index in [9.17, 15) is 0 Å². The van der Waals surface area contributed by atoms with Gasteiger partial charge in [-0.05, 0) is 42.3 Å². The van der Waals surface area contributed by atoms with E-state index in [0.717, 1.165) is 39.1 Å². The van der Waals surface area contributed by atoms with Crippen LogP contribution in [0.2, 0.25) is 0 Å². The Labute approximate surface area is 156 Å². The zero-order chi connectivity index (χ0) is 17.1. The molecule has 0 aliphatic heterocycles. The molecular weight excluding hydrogens is 372 g/mol. The third kappa shape index (κ3) is 3.42. The minimum atomic E-state index is 0.956. The second kappa shape index (κ2) is 7.08. The second-order valence-corrected chi connectivity index (χ2v) is 6.77. The van der Waals surface area contributed by atoms with Gasteiger partial charge >= 0.3 is 0 Å². The van der Waals surface area contributed by atoms with Crippen LogP contribution in [-0.2, 0) is 0 Å². The van der Waals surface area contributed by atoms with Crippen molar-refractivity contribution in [1.82, 2.24) is 9.78 Å². The van der Waals surface area contributed by atoms with Crippen LogP contribution in [0.4, 0.5) is 0 Å². The molecule has 2 nitrogen and oxygen atoms in total. The first-order chi connectivity index (χ1) is 12.3. The zero-order valence-corrected chi connectivity index (χ0v) is 15.2. The van der Waals surface area contributed by atoms with E-state index in [0.29, 0.717) is 0 Å². The van der Waals surface area contributed by atoms with Crippen molar-refractivity contribution in [3.05, 3.63) is 101 Å². The Balaban J connectivity index is 1.88. The molecule has 122 valence electrons. The van der Waals surface area contributed by atoms with Gasteiger partial charge in [-0.1, -0.05) is 76.6 Å². The molecule has 0 saturated carbocycles. The molecule has 4 rings (SSSR count). The highest BCUT2D eigenvalue weighted by atomic mass is 79.9. The summed E-state index contributed by atoms with van der Waals surface area (Å²) in [4.78, 5) is 0. The summed E-state index contributed by atoms with van der Waals surface area (Å²) in [6.45, 7) is 0. The van der Waals surface area contributed by atoms with Crippen molar-refractivity contribution in [2.24, 2.45) is 0 Å². The van der Waals surface area contributed by atoms with Crippen LogP contribution in [0.15, 0.2) is 95.5 Å². The van der Waals surface area contributed by atoms with Gasteiger partial charge in [0.15, 0.2) is 0 Å². The third-order valence-corrected chi connectivity index (χ3v) is 4.66. The summed E-state index contributed by atoms with van der Waals surface area (Å²) < 4.78 is 3.08. The molecule has 2 aromatic carbocycles. The quantitative estimate of drug-likeness (QED) is 0.521. The molecule has 1 aliphatic rings. The van der Waals surface area contributed by atoms with Gasteiger partial charge in [-0.15, -0.1) is 0 Å². The topological polar surface area (TPSA) is 17.8 Å². The summed E-state index contributed by atoms with van der Waals surface area (Å²) in [6, 6.07) is 20.7. The Kier molecular flexibility index (Phi) is 4.49. The number of allylic oxidation sites excluding steroid dienone is 6. The minimum absolute atomic E-state index is 0.956. The normalized spacial score (nSPS) is 13.6. The molecule has 1 aromatic heterocycles. The average Bonchev–Trinajstić information content (AvgIpc) is 2.91. The molecule has 0 N–H and O–H groups in total. The fourth-order valence-electron chi connectivity index (χ4n) is 2.87. The van der Waals surface area contributed by atoms with Gasteiger partial charge in [0.2, 0.25) is 0 Å². The van der Waals surface area contributed by atoms with E-state index in [1.165, 1.54) is 0 Å². The zero-order valence-electron chi connectivity index (χ0n) is 13.6. The molecule has 0 spiro atoms. The molecule has 1 aliphatic carbocycles. The molecular formula is C22H17BrN2. The van der Waals surface area contributed by atoms with Gasteiger partial charge in [0.1, 0.15) is 0 Å². The number of nitrogens with zero attached hydrogens (tertiary/aromatic N) is 2. The molecule has 3 aromatic rings.